The van der Waals surface area contributed by atoms with E-state index in [-0.39, 0.29) is 53.7 Å². The summed E-state index contributed by atoms with van der Waals surface area (Å²) in [6.45, 7) is 4.18. The molecule has 0 radical (unpaired) electrons. The molecule has 0 aromatic heterocycles. The minimum absolute atomic E-state index is 0. The number of carbonyl (C=O) groups excluding carboxylic acids is 2. The molecule has 0 bridgehead atoms. The van der Waals surface area contributed by atoms with Gasteiger partial charge in [0.05, 0.1) is 17.7 Å². The molecule has 0 saturated carbocycles. The van der Waals surface area contributed by atoms with E-state index >= 15 is 0 Å². The Morgan fingerprint density at radius 3 is 1.48 bits per heavy atom. The predicted octanol–water partition coefficient (Wildman–Crippen LogP) is 5.33. The fourth-order valence-corrected chi connectivity index (χ4v) is 5.32. The molecule has 1 unspecified atom stereocenters. The summed E-state index contributed by atoms with van der Waals surface area (Å²) < 4.78 is 44.4. The van der Waals surface area contributed by atoms with Crippen molar-refractivity contribution in [1.29, 1.82) is 0 Å². The Balaban J connectivity index is 0.0000152. The number of esters is 2. The van der Waals surface area contributed by atoms with Crippen LogP contribution in [-0.2, 0) is 19.6 Å². The Bertz CT molecular complexity index is 905. The van der Waals surface area contributed by atoms with Gasteiger partial charge in [-0.15, -0.1) is 0 Å². The number of benzene rings is 1. The van der Waals surface area contributed by atoms with Crippen LogP contribution in [0.1, 0.15) is 157 Å². The van der Waals surface area contributed by atoms with Gasteiger partial charge in [0.2, 0.25) is 0 Å². The normalized spacial score (nSPS) is 12.0. The molecule has 9 heteroatoms. The van der Waals surface area contributed by atoms with Gasteiger partial charge in [0.1, 0.15) is 10.1 Å². The molecule has 1 aromatic carbocycles. The Kier molecular flexibility index (Phi) is 24.1. The van der Waals surface area contributed by atoms with Crippen molar-refractivity contribution in [2.24, 2.45) is 0 Å². The summed E-state index contributed by atoms with van der Waals surface area (Å²) in [5, 5.41) is 0. The van der Waals surface area contributed by atoms with Gasteiger partial charge in [-0.3, -0.25) is 0 Å². The summed E-state index contributed by atoms with van der Waals surface area (Å²) in [6, 6.07) is 5.89. The Morgan fingerprint density at radius 1 is 0.675 bits per heavy atom. The van der Waals surface area contributed by atoms with Crippen molar-refractivity contribution in [3.05, 3.63) is 35.4 Å². The maximum atomic E-state index is 12.5. The van der Waals surface area contributed by atoms with Crippen LogP contribution in [0, 0.1) is 0 Å². The molecule has 1 rings (SSSR count). The fourth-order valence-electron chi connectivity index (χ4n) is 4.59. The fraction of sp³-hybridized carbons (Fsp3) is 0.742. The summed E-state index contributed by atoms with van der Waals surface area (Å²) in [5.41, 5.74) is -1.91. The first-order valence-corrected chi connectivity index (χ1v) is 16.7. The summed E-state index contributed by atoms with van der Waals surface area (Å²) in [6.07, 6.45) is 21.8. The largest absolute Gasteiger partial charge is 1.00 e. The van der Waals surface area contributed by atoms with Crippen molar-refractivity contribution in [2.75, 3.05) is 6.61 Å². The third kappa shape index (κ3) is 18.5. The van der Waals surface area contributed by atoms with E-state index in [1.165, 1.54) is 108 Å². The van der Waals surface area contributed by atoms with E-state index in [1.807, 2.05) is 0 Å². The first-order valence-electron chi connectivity index (χ1n) is 15.2. The maximum absolute atomic E-state index is 12.5. The zero-order valence-electron chi connectivity index (χ0n) is 25.3. The van der Waals surface area contributed by atoms with E-state index in [9.17, 15) is 22.6 Å². The minimum Gasteiger partial charge on any atom is -0.745 e. The van der Waals surface area contributed by atoms with Crippen LogP contribution in [0.25, 0.3) is 0 Å². The quantitative estimate of drug-likeness (QED) is 0.0693. The molecular formula is C31H51NaO7S. The van der Waals surface area contributed by atoms with Crippen LogP contribution in [0.2, 0.25) is 0 Å². The average molecular weight is 591 g/mol. The second kappa shape index (κ2) is 24.6. The standard InChI is InChI=1S/C31H52O7S.Na/c1-3-5-6-7-8-9-10-11-12-13-14-15-16-17-18-19-22-26-37-30(32)27-24-20-21-25-28(27)31(33)38-29(23-4-2)39(34,35)36;/h20-21,24-25,29H,3-19,22-23,26H2,1-2H3,(H,34,35,36);/q;+1/p-1. The summed E-state index contributed by atoms with van der Waals surface area (Å²) in [5.74, 6) is -1.70. The second-order valence-electron chi connectivity index (χ2n) is 10.5. The van der Waals surface area contributed by atoms with Crippen LogP contribution in [0.15, 0.2) is 24.3 Å². The number of unbranched alkanes of at least 4 members (excludes halogenated alkanes) is 16. The van der Waals surface area contributed by atoms with Crippen LogP contribution in [0.3, 0.4) is 0 Å². The molecule has 224 valence electrons. The van der Waals surface area contributed by atoms with Gasteiger partial charge in [-0.1, -0.05) is 135 Å². The topological polar surface area (TPSA) is 110 Å². The van der Waals surface area contributed by atoms with Gasteiger partial charge in [0, 0.05) is 0 Å². The summed E-state index contributed by atoms with van der Waals surface area (Å²) in [4.78, 5) is 25.1. The first-order chi connectivity index (χ1) is 18.8. The number of hydrogen-bond donors (Lipinski definition) is 0. The number of carbonyl (C=O) groups is 2. The molecule has 0 spiro atoms. The van der Waals surface area contributed by atoms with Gasteiger partial charge in [-0.2, -0.15) is 0 Å². The van der Waals surface area contributed by atoms with Gasteiger partial charge < -0.3 is 14.0 Å². The van der Waals surface area contributed by atoms with Crippen LogP contribution < -0.4 is 29.6 Å². The van der Waals surface area contributed by atoms with Crippen LogP contribution >= 0.6 is 0 Å². The van der Waals surface area contributed by atoms with Crippen LogP contribution in [0.4, 0.5) is 0 Å². The third-order valence-corrected chi connectivity index (χ3v) is 7.91. The Labute approximate surface area is 265 Å². The summed E-state index contributed by atoms with van der Waals surface area (Å²) in [7, 11) is -4.81. The molecule has 1 aromatic rings. The molecule has 0 aliphatic carbocycles. The first kappa shape index (κ1) is 39.1. The smallest absolute Gasteiger partial charge is 0.745 e. The van der Waals surface area contributed by atoms with Crippen molar-refractivity contribution in [2.45, 2.75) is 141 Å². The molecule has 0 fully saturated rings. The third-order valence-electron chi connectivity index (χ3n) is 6.93. The Morgan fingerprint density at radius 2 is 1.07 bits per heavy atom. The van der Waals surface area contributed by atoms with E-state index < -0.39 is 27.5 Å². The van der Waals surface area contributed by atoms with E-state index in [1.54, 1.807) is 13.0 Å². The van der Waals surface area contributed by atoms with Gasteiger partial charge in [-0.25, -0.2) is 18.0 Å². The maximum Gasteiger partial charge on any atom is 1.00 e. The average Bonchev–Trinajstić information content (AvgIpc) is 2.91. The number of rotatable bonds is 24. The molecule has 40 heavy (non-hydrogen) atoms. The zero-order valence-corrected chi connectivity index (χ0v) is 28.1. The molecular weight excluding hydrogens is 539 g/mol. The van der Waals surface area contributed by atoms with Gasteiger partial charge in [0.25, 0.3) is 0 Å². The SMILES string of the molecule is CCCCCCCCCCCCCCCCCCCOC(=O)c1ccccc1C(=O)OC(CCC)S(=O)(=O)[O-].[Na+]. The number of ether oxygens (including phenoxy) is 2. The second-order valence-corrected chi connectivity index (χ2v) is 12.0. The molecule has 0 aliphatic rings. The molecule has 0 heterocycles. The van der Waals surface area contributed by atoms with E-state index in [0.29, 0.717) is 6.42 Å². The van der Waals surface area contributed by atoms with Crippen molar-refractivity contribution >= 4 is 22.1 Å². The van der Waals surface area contributed by atoms with Crippen molar-refractivity contribution in [3.8, 4) is 0 Å². The van der Waals surface area contributed by atoms with Gasteiger partial charge in [0.15, 0.2) is 5.44 Å². The molecule has 0 amide bonds. The van der Waals surface area contributed by atoms with Gasteiger partial charge >= 0.3 is 41.5 Å². The minimum atomic E-state index is -4.81. The van der Waals surface area contributed by atoms with Crippen molar-refractivity contribution in [1.82, 2.24) is 0 Å². The van der Waals surface area contributed by atoms with Crippen molar-refractivity contribution < 1.29 is 61.6 Å². The van der Waals surface area contributed by atoms with Crippen molar-refractivity contribution in [3.63, 3.8) is 0 Å². The van der Waals surface area contributed by atoms with E-state index in [0.717, 1.165) is 19.3 Å². The van der Waals surface area contributed by atoms with E-state index in [2.05, 4.69) is 6.92 Å². The predicted molar refractivity (Wildman–Crippen MR) is 155 cm³/mol. The van der Waals surface area contributed by atoms with Crippen LogP contribution in [0.5, 0.6) is 0 Å². The molecule has 1 atom stereocenters. The van der Waals surface area contributed by atoms with Gasteiger partial charge in [-0.05, 0) is 25.0 Å². The zero-order chi connectivity index (χ0) is 28.8. The Hall–Kier alpha value is -0.930. The summed E-state index contributed by atoms with van der Waals surface area (Å²) >= 11 is 0. The molecule has 0 aliphatic heterocycles. The van der Waals surface area contributed by atoms with Crippen LogP contribution in [-0.4, -0.2) is 37.0 Å². The molecule has 7 nitrogen and oxygen atoms in total. The molecule has 0 saturated heterocycles. The number of hydrogen-bond acceptors (Lipinski definition) is 7. The molecule has 0 N–H and O–H groups in total. The van der Waals surface area contributed by atoms with E-state index in [4.69, 9.17) is 9.47 Å². The monoisotopic (exact) mass is 590 g/mol.